The van der Waals surface area contributed by atoms with Crippen LogP contribution in [0.25, 0.3) is 0 Å². The Morgan fingerprint density at radius 1 is 1.38 bits per heavy atom. The van der Waals surface area contributed by atoms with Crippen LogP contribution in [0.2, 0.25) is 0 Å². The van der Waals surface area contributed by atoms with Crippen LogP contribution < -0.4 is 5.32 Å². The van der Waals surface area contributed by atoms with Crippen LogP contribution in [0.1, 0.15) is 32.1 Å². The summed E-state index contributed by atoms with van der Waals surface area (Å²) in [5.74, 6) is 0.511. The first-order valence-corrected chi connectivity index (χ1v) is 4.45. The first-order valence-electron chi connectivity index (χ1n) is 4.45. The van der Waals surface area contributed by atoms with Gasteiger partial charge in [0, 0.05) is 0 Å². The van der Waals surface area contributed by atoms with E-state index in [-0.39, 0.29) is 6.42 Å². The Hall–Kier alpha value is -1.55. The molecule has 0 saturated heterocycles. The molecular weight excluding hydrogens is 164 g/mol. The highest BCUT2D eigenvalue weighted by Crippen LogP contribution is 2.20. The summed E-state index contributed by atoms with van der Waals surface area (Å²) >= 11 is 0. The van der Waals surface area contributed by atoms with Gasteiger partial charge in [-0.25, -0.2) is 0 Å². The Morgan fingerprint density at radius 3 is 2.62 bits per heavy atom. The van der Waals surface area contributed by atoms with Crippen LogP contribution in [-0.2, 0) is 0 Å². The van der Waals surface area contributed by atoms with Crippen LogP contribution in [0, 0.1) is 22.8 Å². The number of nitrogens with zero attached hydrogens (tertiary/aromatic N) is 3. The summed E-state index contributed by atoms with van der Waals surface area (Å²) < 4.78 is 0. The van der Waals surface area contributed by atoms with Crippen LogP contribution in [-0.4, -0.2) is 11.9 Å². The molecule has 0 radical (unpaired) electrons. The van der Waals surface area contributed by atoms with Gasteiger partial charge in [-0.3, -0.25) is 10.3 Å². The second-order valence-corrected chi connectivity index (χ2v) is 3.09. The summed E-state index contributed by atoms with van der Waals surface area (Å²) in [7, 11) is 0. The molecule has 13 heavy (non-hydrogen) atoms. The minimum Gasteiger partial charge on any atom is -0.280 e. The Morgan fingerprint density at radius 2 is 2.08 bits per heavy atom. The van der Waals surface area contributed by atoms with Gasteiger partial charge in [0.2, 0.25) is 0 Å². The van der Waals surface area contributed by atoms with E-state index in [9.17, 15) is 0 Å². The topological polar surface area (TPSA) is 72.0 Å². The van der Waals surface area contributed by atoms with Crippen molar-refractivity contribution in [3.8, 4) is 12.3 Å². The average Bonchev–Trinajstić information content (AvgIpc) is 2.58. The fourth-order valence-corrected chi connectivity index (χ4v) is 1.52. The molecule has 1 aliphatic rings. The predicted molar refractivity (Wildman–Crippen MR) is 48.7 cm³/mol. The Bertz CT molecular complexity index is 244. The summed E-state index contributed by atoms with van der Waals surface area (Å²) in [5.41, 5.74) is 0. The van der Waals surface area contributed by atoms with Crippen molar-refractivity contribution in [2.75, 3.05) is 0 Å². The lowest BCUT2D eigenvalue weighted by molar-refractivity contribution is 0.701. The maximum atomic E-state index is 8.46. The monoisotopic (exact) mass is 176 g/mol. The molecule has 0 spiro atoms. The van der Waals surface area contributed by atoms with Crippen molar-refractivity contribution in [2.45, 2.75) is 38.1 Å². The van der Waals surface area contributed by atoms with Gasteiger partial charge in [0.25, 0.3) is 0 Å². The predicted octanol–water partition coefficient (Wildman–Crippen LogP) is 1.31. The van der Waals surface area contributed by atoms with Crippen LogP contribution in [0.5, 0.6) is 0 Å². The SMILES string of the molecule is N#CCC(=NC1CCCC1)NC#N. The van der Waals surface area contributed by atoms with Crippen molar-refractivity contribution in [1.82, 2.24) is 5.32 Å². The van der Waals surface area contributed by atoms with Crippen molar-refractivity contribution in [3.63, 3.8) is 0 Å². The van der Waals surface area contributed by atoms with E-state index in [1.165, 1.54) is 12.8 Å². The number of hydrogen-bond donors (Lipinski definition) is 1. The molecule has 1 saturated carbocycles. The first kappa shape index (κ1) is 9.54. The first-order chi connectivity index (χ1) is 6.36. The molecule has 0 heterocycles. The zero-order valence-electron chi connectivity index (χ0n) is 7.45. The van der Waals surface area contributed by atoms with Gasteiger partial charge in [0.1, 0.15) is 5.84 Å². The molecule has 0 atom stereocenters. The van der Waals surface area contributed by atoms with Crippen molar-refractivity contribution >= 4 is 5.84 Å². The molecule has 68 valence electrons. The van der Waals surface area contributed by atoms with E-state index >= 15 is 0 Å². The van der Waals surface area contributed by atoms with E-state index < -0.39 is 0 Å². The third-order valence-electron chi connectivity index (χ3n) is 2.11. The Kier molecular flexibility index (Phi) is 3.78. The lowest BCUT2D eigenvalue weighted by atomic mass is 10.2. The van der Waals surface area contributed by atoms with Gasteiger partial charge >= 0.3 is 0 Å². The second kappa shape index (κ2) is 5.16. The van der Waals surface area contributed by atoms with E-state index in [1.54, 1.807) is 6.19 Å². The van der Waals surface area contributed by atoms with E-state index in [1.807, 2.05) is 6.07 Å². The fraction of sp³-hybridized carbons (Fsp3) is 0.667. The summed E-state index contributed by atoms with van der Waals surface area (Å²) in [6.45, 7) is 0. The molecule has 0 aromatic carbocycles. The smallest absolute Gasteiger partial charge is 0.182 e. The van der Waals surface area contributed by atoms with Crippen LogP contribution in [0.4, 0.5) is 0 Å². The highest BCUT2D eigenvalue weighted by Gasteiger charge is 2.14. The number of rotatable bonds is 2. The normalized spacial score (nSPS) is 17.8. The molecule has 0 unspecified atom stereocenters. The van der Waals surface area contributed by atoms with Crippen molar-refractivity contribution < 1.29 is 0 Å². The molecule has 1 aliphatic carbocycles. The van der Waals surface area contributed by atoms with E-state index in [0.29, 0.717) is 11.9 Å². The van der Waals surface area contributed by atoms with E-state index in [0.717, 1.165) is 12.8 Å². The van der Waals surface area contributed by atoms with Crippen LogP contribution >= 0.6 is 0 Å². The zero-order chi connectivity index (χ0) is 9.52. The molecule has 4 heteroatoms. The molecule has 0 aromatic rings. The van der Waals surface area contributed by atoms with E-state index in [2.05, 4.69) is 10.3 Å². The molecular formula is C9H12N4. The molecule has 1 N–H and O–H groups in total. The van der Waals surface area contributed by atoms with Gasteiger partial charge < -0.3 is 0 Å². The number of aliphatic imine (C=N–C) groups is 1. The minimum atomic E-state index is 0.198. The summed E-state index contributed by atoms with van der Waals surface area (Å²) in [4.78, 5) is 4.32. The Labute approximate surface area is 77.9 Å². The van der Waals surface area contributed by atoms with Gasteiger partial charge in [0.15, 0.2) is 6.19 Å². The summed E-state index contributed by atoms with van der Waals surface area (Å²) in [6.07, 6.45) is 6.58. The highest BCUT2D eigenvalue weighted by atomic mass is 15.0. The van der Waals surface area contributed by atoms with E-state index in [4.69, 9.17) is 10.5 Å². The summed E-state index contributed by atoms with van der Waals surface area (Å²) in [6, 6.07) is 2.31. The minimum absolute atomic E-state index is 0.198. The summed E-state index contributed by atoms with van der Waals surface area (Å²) in [5, 5.41) is 19.3. The quantitative estimate of drug-likeness (QED) is 0.298. The zero-order valence-corrected chi connectivity index (χ0v) is 7.45. The number of nitriles is 2. The molecule has 1 fully saturated rings. The standard InChI is InChI=1S/C9H12N4/c10-6-5-9(12-7-11)13-8-3-1-2-4-8/h8H,1-5H2,(H,12,13). The third kappa shape index (κ3) is 3.13. The fourth-order valence-electron chi connectivity index (χ4n) is 1.52. The van der Waals surface area contributed by atoms with Crippen molar-refractivity contribution in [3.05, 3.63) is 0 Å². The number of amidine groups is 1. The van der Waals surface area contributed by atoms with Crippen molar-refractivity contribution in [2.24, 2.45) is 4.99 Å². The van der Waals surface area contributed by atoms with Crippen molar-refractivity contribution in [1.29, 1.82) is 10.5 Å². The molecule has 0 aromatic heterocycles. The lowest BCUT2D eigenvalue weighted by Crippen LogP contribution is -2.19. The maximum absolute atomic E-state index is 8.46. The van der Waals surface area contributed by atoms with Gasteiger partial charge in [-0.1, -0.05) is 12.8 Å². The number of nitrogens with one attached hydrogen (secondary N) is 1. The Balaban J connectivity index is 2.52. The maximum Gasteiger partial charge on any atom is 0.182 e. The molecule has 0 aliphatic heterocycles. The van der Waals surface area contributed by atoms with Gasteiger partial charge in [0.05, 0.1) is 18.5 Å². The van der Waals surface area contributed by atoms with Gasteiger partial charge in [-0.05, 0) is 12.8 Å². The largest absolute Gasteiger partial charge is 0.280 e. The number of hydrogen-bond acceptors (Lipinski definition) is 3. The molecule has 0 bridgehead atoms. The average molecular weight is 176 g/mol. The molecule has 4 nitrogen and oxygen atoms in total. The lowest BCUT2D eigenvalue weighted by Gasteiger charge is -2.04. The highest BCUT2D eigenvalue weighted by molar-refractivity contribution is 5.85. The van der Waals surface area contributed by atoms with Crippen LogP contribution in [0.15, 0.2) is 4.99 Å². The van der Waals surface area contributed by atoms with Gasteiger partial charge in [-0.15, -0.1) is 0 Å². The molecule has 1 rings (SSSR count). The molecule has 0 amide bonds. The second-order valence-electron chi connectivity index (χ2n) is 3.09. The third-order valence-corrected chi connectivity index (χ3v) is 2.11. The van der Waals surface area contributed by atoms with Gasteiger partial charge in [-0.2, -0.15) is 10.5 Å². The van der Waals surface area contributed by atoms with Crippen LogP contribution in [0.3, 0.4) is 0 Å².